The van der Waals surface area contributed by atoms with Crippen LogP contribution in [0.4, 0.5) is 5.69 Å². The third kappa shape index (κ3) is 3.65. The van der Waals surface area contributed by atoms with E-state index in [0.29, 0.717) is 11.3 Å². The number of hydrogen-bond acceptors (Lipinski definition) is 3. The Labute approximate surface area is 121 Å². The minimum absolute atomic E-state index is 0.0385. The van der Waals surface area contributed by atoms with Crippen LogP contribution >= 0.6 is 27.7 Å². The molecule has 100 valence electrons. The van der Waals surface area contributed by atoms with Crippen LogP contribution in [0.1, 0.15) is 23.7 Å². The Kier molecular flexibility index (Phi) is 6.02. The third-order valence-corrected chi connectivity index (χ3v) is 4.35. The molecular formula is C13H19BrN2OS. The maximum atomic E-state index is 12.3. The Balaban J connectivity index is 2.88. The largest absolute Gasteiger partial charge is 0.398 e. The second kappa shape index (κ2) is 7.04. The third-order valence-electron chi connectivity index (χ3n) is 2.95. The molecular weight excluding hydrogens is 312 g/mol. The van der Waals surface area contributed by atoms with Gasteiger partial charge in [0, 0.05) is 34.6 Å². The Morgan fingerprint density at radius 1 is 1.56 bits per heavy atom. The molecule has 1 aromatic rings. The van der Waals surface area contributed by atoms with E-state index in [1.165, 1.54) is 0 Å². The number of thioether (sulfide) groups is 1. The molecule has 0 aliphatic rings. The molecule has 0 aliphatic carbocycles. The summed E-state index contributed by atoms with van der Waals surface area (Å²) in [5, 5.41) is 0. The van der Waals surface area contributed by atoms with E-state index in [2.05, 4.69) is 29.1 Å². The average molecular weight is 331 g/mol. The summed E-state index contributed by atoms with van der Waals surface area (Å²) >= 11 is 5.11. The molecule has 0 saturated heterocycles. The van der Waals surface area contributed by atoms with E-state index < -0.39 is 0 Å². The molecule has 1 atom stereocenters. The number of hydrogen-bond donors (Lipinski definition) is 1. The average Bonchev–Trinajstić information content (AvgIpc) is 2.37. The number of carbonyl (C=O) groups is 1. The van der Waals surface area contributed by atoms with Gasteiger partial charge in [-0.1, -0.05) is 6.92 Å². The van der Waals surface area contributed by atoms with Crippen LogP contribution in [-0.2, 0) is 0 Å². The van der Waals surface area contributed by atoms with Crippen molar-refractivity contribution in [2.75, 3.05) is 24.8 Å². The number of halogens is 1. The summed E-state index contributed by atoms with van der Waals surface area (Å²) in [5.74, 6) is 0.992. The van der Waals surface area contributed by atoms with E-state index in [1.54, 1.807) is 30.0 Å². The van der Waals surface area contributed by atoms with E-state index in [1.807, 2.05) is 11.9 Å². The fourth-order valence-electron chi connectivity index (χ4n) is 1.73. The molecule has 1 aromatic carbocycles. The van der Waals surface area contributed by atoms with Gasteiger partial charge in [0.15, 0.2) is 0 Å². The number of amides is 1. The molecule has 1 amide bonds. The first kappa shape index (κ1) is 15.4. The van der Waals surface area contributed by atoms with Crippen molar-refractivity contribution in [2.24, 2.45) is 0 Å². The number of nitrogens with zero attached hydrogens (tertiary/aromatic N) is 1. The zero-order valence-electron chi connectivity index (χ0n) is 10.9. The molecule has 5 heteroatoms. The predicted octanol–water partition coefficient (Wildman–Crippen LogP) is 3.24. The highest BCUT2D eigenvalue weighted by molar-refractivity contribution is 9.10. The summed E-state index contributed by atoms with van der Waals surface area (Å²) in [7, 11) is 1.86. The van der Waals surface area contributed by atoms with Crippen LogP contribution in [0.5, 0.6) is 0 Å². The number of nitrogens with two attached hydrogens (primary N) is 1. The molecule has 1 rings (SSSR count). The van der Waals surface area contributed by atoms with Gasteiger partial charge in [-0.05, 0) is 46.8 Å². The highest BCUT2D eigenvalue weighted by atomic mass is 79.9. The van der Waals surface area contributed by atoms with Gasteiger partial charge in [0.25, 0.3) is 5.91 Å². The van der Waals surface area contributed by atoms with E-state index >= 15 is 0 Å². The van der Waals surface area contributed by atoms with Crippen LogP contribution in [0.15, 0.2) is 22.7 Å². The van der Waals surface area contributed by atoms with Crippen LogP contribution in [0.25, 0.3) is 0 Å². The highest BCUT2D eigenvalue weighted by Gasteiger charge is 2.19. The van der Waals surface area contributed by atoms with Crippen LogP contribution in [-0.4, -0.2) is 35.9 Å². The molecule has 0 heterocycles. The zero-order chi connectivity index (χ0) is 13.7. The van der Waals surface area contributed by atoms with Crippen molar-refractivity contribution in [1.29, 1.82) is 0 Å². The lowest BCUT2D eigenvalue weighted by Gasteiger charge is -2.27. The fraction of sp³-hybridized carbons (Fsp3) is 0.462. The Morgan fingerprint density at radius 2 is 2.22 bits per heavy atom. The quantitative estimate of drug-likeness (QED) is 0.843. The Hall–Kier alpha value is -0.680. The number of benzene rings is 1. The summed E-state index contributed by atoms with van der Waals surface area (Å²) in [6.07, 6.45) is 3.01. The summed E-state index contributed by atoms with van der Waals surface area (Å²) in [5.41, 5.74) is 7.03. The monoisotopic (exact) mass is 330 g/mol. The molecule has 0 fully saturated rings. The van der Waals surface area contributed by atoms with Crippen LogP contribution < -0.4 is 5.73 Å². The lowest BCUT2D eigenvalue weighted by atomic mass is 10.1. The molecule has 0 spiro atoms. The van der Waals surface area contributed by atoms with Gasteiger partial charge < -0.3 is 10.6 Å². The lowest BCUT2D eigenvalue weighted by molar-refractivity contribution is 0.0743. The summed E-state index contributed by atoms with van der Waals surface area (Å²) in [6, 6.07) is 5.56. The molecule has 0 radical (unpaired) electrons. The van der Waals surface area contributed by atoms with E-state index in [9.17, 15) is 4.79 Å². The van der Waals surface area contributed by atoms with Gasteiger partial charge in [0.05, 0.1) is 0 Å². The van der Waals surface area contributed by atoms with Crippen molar-refractivity contribution in [3.8, 4) is 0 Å². The molecule has 3 nitrogen and oxygen atoms in total. The summed E-state index contributed by atoms with van der Waals surface area (Å²) < 4.78 is 0.764. The minimum atomic E-state index is 0.0385. The molecule has 0 aromatic heterocycles. The maximum Gasteiger partial charge on any atom is 0.253 e. The van der Waals surface area contributed by atoms with Crippen molar-refractivity contribution in [3.63, 3.8) is 0 Å². The van der Waals surface area contributed by atoms with Gasteiger partial charge in [-0.3, -0.25) is 4.79 Å². The van der Waals surface area contributed by atoms with Crippen molar-refractivity contribution in [1.82, 2.24) is 4.90 Å². The molecule has 18 heavy (non-hydrogen) atoms. The van der Waals surface area contributed by atoms with Crippen molar-refractivity contribution in [2.45, 2.75) is 19.4 Å². The van der Waals surface area contributed by atoms with Gasteiger partial charge in [0.1, 0.15) is 0 Å². The van der Waals surface area contributed by atoms with Crippen LogP contribution in [0, 0.1) is 0 Å². The fourth-order valence-corrected chi connectivity index (χ4v) is 2.95. The Bertz CT molecular complexity index is 425. The van der Waals surface area contributed by atoms with E-state index in [-0.39, 0.29) is 11.9 Å². The molecule has 0 bridgehead atoms. The van der Waals surface area contributed by atoms with Crippen molar-refractivity contribution < 1.29 is 4.79 Å². The van der Waals surface area contributed by atoms with Gasteiger partial charge in [-0.25, -0.2) is 0 Å². The van der Waals surface area contributed by atoms with Crippen LogP contribution in [0.3, 0.4) is 0 Å². The second-order valence-corrected chi connectivity index (χ2v) is 5.93. The van der Waals surface area contributed by atoms with Crippen molar-refractivity contribution in [3.05, 3.63) is 28.2 Å². The van der Waals surface area contributed by atoms with E-state index in [4.69, 9.17) is 5.73 Å². The smallest absolute Gasteiger partial charge is 0.253 e. The molecule has 1 unspecified atom stereocenters. The van der Waals surface area contributed by atoms with Crippen molar-refractivity contribution >= 4 is 39.3 Å². The molecule has 0 aliphatic heterocycles. The number of carbonyl (C=O) groups excluding carboxylic acids is 1. The first-order chi connectivity index (χ1) is 8.51. The Morgan fingerprint density at radius 3 is 2.72 bits per heavy atom. The second-order valence-electron chi connectivity index (χ2n) is 4.17. The predicted molar refractivity (Wildman–Crippen MR) is 83.1 cm³/mol. The SMILES string of the molecule is CCC(CSC)N(C)C(=O)c1ccc(N)c(Br)c1. The number of nitrogen functional groups attached to an aromatic ring is 1. The number of rotatable bonds is 5. The maximum absolute atomic E-state index is 12.3. The summed E-state index contributed by atoms with van der Waals surface area (Å²) in [4.78, 5) is 14.2. The molecule has 2 N–H and O–H groups in total. The van der Waals surface area contributed by atoms with Gasteiger partial charge in [-0.15, -0.1) is 0 Å². The van der Waals surface area contributed by atoms with Gasteiger partial charge in [0.2, 0.25) is 0 Å². The van der Waals surface area contributed by atoms with E-state index in [0.717, 1.165) is 16.6 Å². The lowest BCUT2D eigenvalue weighted by Crippen LogP contribution is -2.38. The minimum Gasteiger partial charge on any atom is -0.398 e. The standard InChI is InChI=1S/C13H19BrN2OS/c1-4-10(8-18-3)16(2)13(17)9-5-6-12(15)11(14)7-9/h5-7,10H,4,8,15H2,1-3H3. The first-order valence-electron chi connectivity index (χ1n) is 5.82. The summed E-state index contributed by atoms with van der Waals surface area (Å²) in [6.45, 7) is 2.10. The topological polar surface area (TPSA) is 46.3 Å². The van der Waals surface area contributed by atoms with Gasteiger partial charge >= 0.3 is 0 Å². The highest BCUT2D eigenvalue weighted by Crippen LogP contribution is 2.22. The van der Waals surface area contributed by atoms with Gasteiger partial charge in [-0.2, -0.15) is 11.8 Å². The normalized spacial score (nSPS) is 12.2. The molecule has 0 saturated carbocycles. The number of anilines is 1. The van der Waals surface area contributed by atoms with Crippen LogP contribution in [0.2, 0.25) is 0 Å². The first-order valence-corrected chi connectivity index (χ1v) is 8.01. The zero-order valence-corrected chi connectivity index (χ0v) is 13.3.